The van der Waals surface area contributed by atoms with Gasteiger partial charge in [0.15, 0.2) is 0 Å². The molecule has 2 fully saturated rings. The summed E-state index contributed by atoms with van der Waals surface area (Å²) in [6.45, 7) is 1.08. The predicted molar refractivity (Wildman–Crippen MR) is 83.7 cm³/mol. The van der Waals surface area contributed by atoms with E-state index in [2.05, 4.69) is 10.6 Å². The van der Waals surface area contributed by atoms with E-state index >= 15 is 0 Å². The Morgan fingerprint density at radius 2 is 2.00 bits per heavy atom. The summed E-state index contributed by atoms with van der Waals surface area (Å²) in [4.78, 5) is 12.0. The van der Waals surface area contributed by atoms with Gasteiger partial charge in [-0.05, 0) is 43.2 Å². The zero-order valence-corrected chi connectivity index (χ0v) is 12.7. The Balaban J connectivity index is 1.38. The first-order valence-corrected chi connectivity index (χ1v) is 8.11. The third kappa shape index (κ3) is 3.35. The summed E-state index contributed by atoms with van der Waals surface area (Å²) in [5.41, 5.74) is 0. The maximum Gasteiger partial charge on any atom is 0.315 e. The molecule has 0 spiro atoms. The Morgan fingerprint density at radius 3 is 2.77 bits per heavy atom. The molecule has 1 aromatic carbocycles. The summed E-state index contributed by atoms with van der Waals surface area (Å²) in [5, 5.41) is 15.4. The molecule has 2 bridgehead atoms. The van der Waals surface area contributed by atoms with Crippen molar-refractivity contribution in [1.82, 2.24) is 10.6 Å². The fraction of sp³-hybridized carbons (Fsp3) is 0.588. The van der Waals surface area contributed by atoms with E-state index in [9.17, 15) is 9.90 Å². The molecule has 2 aliphatic carbocycles. The molecule has 5 heteroatoms. The van der Waals surface area contributed by atoms with E-state index in [0.29, 0.717) is 25.0 Å². The highest BCUT2D eigenvalue weighted by Gasteiger charge is 2.47. The van der Waals surface area contributed by atoms with Crippen molar-refractivity contribution >= 4 is 6.03 Å². The van der Waals surface area contributed by atoms with Gasteiger partial charge in [0.25, 0.3) is 0 Å². The van der Waals surface area contributed by atoms with Crippen LogP contribution in [0.1, 0.15) is 19.3 Å². The minimum absolute atomic E-state index is 0.124. The van der Waals surface area contributed by atoms with E-state index in [1.165, 1.54) is 12.8 Å². The SMILES string of the molecule is O=C(NCCOc1ccccc1)NC1C2CCC(C2)C1CO. The lowest BCUT2D eigenvalue weighted by atomic mass is 9.85. The highest BCUT2D eigenvalue weighted by atomic mass is 16.5. The molecule has 3 rings (SSSR count). The van der Waals surface area contributed by atoms with E-state index in [-0.39, 0.29) is 24.6 Å². The van der Waals surface area contributed by atoms with Crippen molar-refractivity contribution < 1.29 is 14.6 Å². The van der Waals surface area contributed by atoms with Gasteiger partial charge in [-0.2, -0.15) is 0 Å². The highest BCUT2D eigenvalue weighted by molar-refractivity contribution is 5.74. The molecule has 0 aromatic heterocycles. The van der Waals surface area contributed by atoms with Crippen LogP contribution in [0.15, 0.2) is 30.3 Å². The van der Waals surface area contributed by atoms with Gasteiger partial charge in [0.05, 0.1) is 6.54 Å². The van der Waals surface area contributed by atoms with Crippen LogP contribution < -0.4 is 15.4 Å². The number of rotatable bonds is 6. The van der Waals surface area contributed by atoms with Crippen LogP contribution in [0.4, 0.5) is 4.79 Å². The summed E-state index contributed by atoms with van der Waals surface area (Å²) < 4.78 is 5.54. The molecule has 4 atom stereocenters. The molecule has 4 unspecified atom stereocenters. The van der Waals surface area contributed by atoms with Gasteiger partial charge in [-0.1, -0.05) is 18.2 Å². The summed E-state index contributed by atoms with van der Waals surface area (Å²) in [5.74, 6) is 2.15. The van der Waals surface area contributed by atoms with Crippen molar-refractivity contribution in [2.75, 3.05) is 19.8 Å². The Kier molecular flexibility index (Phi) is 4.83. The van der Waals surface area contributed by atoms with Crippen LogP contribution in [0.5, 0.6) is 5.75 Å². The number of carbonyl (C=O) groups excluding carboxylic acids is 1. The number of para-hydroxylation sites is 1. The molecular formula is C17H24N2O3. The van der Waals surface area contributed by atoms with Gasteiger partial charge in [-0.3, -0.25) is 0 Å². The third-order valence-corrected chi connectivity index (χ3v) is 5.00. The van der Waals surface area contributed by atoms with E-state index in [4.69, 9.17) is 4.74 Å². The maximum absolute atomic E-state index is 12.0. The minimum atomic E-state index is -0.160. The average molecular weight is 304 g/mol. The molecule has 2 aliphatic rings. The lowest BCUT2D eigenvalue weighted by molar-refractivity contribution is 0.144. The molecule has 1 aromatic rings. The topological polar surface area (TPSA) is 70.6 Å². The van der Waals surface area contributed by atoms with Crippen molar-refractivity contribution in [2.24, 2.45) is 17.8 Å². The molecule has 0 radical (unpaired) electrons. The third-order valence-electron chi connectivity index (χ3n) is 5.00. The molecular weight excluding hydrogens is 280 g/mol. The Hall–Kier alpha value is -1.75. The zero-order valence-electron chi connectivity index (χ0n) is 12.7. The van der Waals surface area contributed by atoms with E-state index in [0.717, 1.165) is 12.2 Å². The number of amides is 2. The number of hydrogen-bond donors (Lipinski definition) is 3. The molecule has 120 valence electrons. The number of benzene rings is 1. The van der Waals surface area contributed by atoms with Crippen molar-refractivity contribution in [3.63, 3.8) is 0 Å². The van der Waals surface area contributed by atoms with E-state index in [1.807, 2.05) is 30.3 Å². The van der Waals surface area contributed by atoms with Crippen LogP contribution in [-0.4, -0.2) is 36.9 Å². The van der Waals surface area contributed by atoms with Gasteiger partial charge < -0.3 is 20.5 Å². The predicted octanol–water partition coefficient (Wildman–Crippen LogP) is 1.77. The monoisotopic (exact) mass is 304 g/mol. The van der Waals surface area contributed by atoms with Gasteiger partial charge >= 0.3 is 6.03 Å². The molecule has 22 heavy (non-hydrogen) atoms. The Bertz CT molecular complexity index is 494. The second kappa shape index (κ2) is 7.01. The van der Waals surface area contributed by atoms with Crippen LogP contribution in [-0.2, 0) is 0 Å². The minimum Gasteiger partial charge on any atom is -0.492 e. The molecule has 0 aliphatic heterocycles. The van der Waals surface area contributed by atoms with Crippen LogP contribution in [0, 0.1) is 17.8 Å². The quantitative estimate of drug-likeness (QED) is 0.702. The first kappa shape index (κ1) is 15.2. The van der Waals surface area contributed by atoms with Crippen molar-refractivity contribution in [2.45, 2.75) is 25.3 Å². The lowest BCUT2D eigenvalue weighted by Gasteiger charge is -2.30. The van der Waals surface area contributed by atoms with Gasteiger partial charge in [0.2, 0.25) is 0 Å². The van der Waals surface area contributed by atoms with Gasteiger partial charge in [-0.25, -0.2) is 4.79 Å². The summed E-state index contributed by atoms with van der Waals surface area (Å²) in [6.07, 6.45) is 3.51. The number of carbonyl (C=O) groups is 1. The van der Waals surface area contributed by atoms with Crippen LogP contribution >= 0.6 is 0 Å². The van der Waals surface area contributed by atoms with Gasteiger partial charge in [0, 0.05) is 18.6 Å². The molecule has 0 heterocycles. The number of fused-ring (bicyclic) bond motifs is 2. The number of urea groups is 1. The number of aliphatic hydroxyl groups excluding tert-OH is 1. The van der Waals surface area contributed by atoms with Crippen LogP contribution in [0.2, 0.25) is 0 Å². The van der Waals surface area contributed by atoms with Gasteiger partial charge in [-0.15, -0.1) is 0 Å². The fourth-order valence-corrected chi connectivity index (χ4v) is 3.95. The molecule has 2 saturated carbocycles. The maximum atomic E-state index is 12.0. The largest absolute Gasteiger partial charge is 0.492 e. The molecule has 5 nitrogen and oxygen atoms in total. The zero-order chi connectivity index (χ0) is 15.4. The second-order valence-electron chi connectivity index (χ2n) is 6.27. The summed E-state index contributed by atoms with van der Waals surface area (Å²) in [7, 11) is 0. The van der Waals surface area contributed by atoms with Crippen molar-refractivity contribution in [3.8, 4) is 5.75 Å². The lowest BCUT2D eigenvalue weighted by Crippen LogP contribution is -2.49. The number of nitrogens with one attached hydrogen (secondary N) is 2. The number of hydrogen-bond acceptors (Lipinski definition) is 3. The van der Waals surface area contributed by atoms with E-state index < -0.39 is 0 Å². The van der Waals surface area contributed by atoms with Crippen LogP contribution in [0.25, 0.3) is 0 Å². The highest BCUT2D eigenvalue weighted by Crippen LogP contribution is 2.48. The molecule has 3 N–H and O–H groups in total. The second-order valence-corrected chi connectivity index (χ2v) is 6.27. The standard InChI is InChI=1S/C17H24N2O3/c20-11-15-12-6-7-13(10-12)16(15)19-17(21)18-8-9-22-14-4-2-1-3-5-14/h1-5,12-13,15-16,20H,6-11H2,(H2,18,19,21). The smallest absolute Gasteiger partial charge is 0.315 e. The fourth-order valence-electron chi connectivity index (χ4n) is 3.95. The number of ether oxygens (including phenoxy) is 1. The van der Waals surface area contributed by atoms with Crippen molar-refractivity contribution in [3.05, 3.63) is 30.3 Å². The first-order chi connectivity index (χ1) is 10.8. The summed E-state index contributed by atoms with van der Waals surface area (Å²) in [6, 6.07) is 9.51. The number of aliphatic hydroxyl groups is 1. The molecule has 0 saturated heterocycles. The van der Waals surface area contributed by atoms with E-state index in [1.54, 1.807) is 0 Å². The Labute approximate surface area is 131 Å². The van der Waals surface area contributed by atoms with Gasteiger partial charge in [0.1, 0.15) is 12.4 Å². The first-order valence-electron chi connectivity index (χ1n) is 8.11. The van der Waals surface area contributed by atoms with Crippen LogP contribution in [0.3, 0.4) is 0 Å². The van der Waals surface area contributed by atoms with Crippen molar-refractivity contribution in [1.29, 1.82) is 0 Å². The Morgan fingerprint density at radius 1 is 1.23 bits per heavy atom. The average Bonchev–Trinajstić information content (AvgIpc) is 3.14. The molecule has 2 amide bonds. The normalized spacial score (nSPS) is 29.3. The summed E-state index contributed by atoms with van der Waals surface area (Å²) >= 11 is 0.